The number of piperidine rings is 1. The second kappa shape index (κ2) is 10.6. The van der Waals surface area contributed by atoms with Crippen LogP contribution in [0.25, 0.3) is 0 Å². The van der Waals surface area contributed by atoms with Crippen LogP contribution in [0.1, 0.15) is 49.0 Å². The van der Waals surface area contributed by atoms with Crippen LogP contribution in [0.2, 0.25) is 0 Å². The first kappa shape index (κ1) is 24.3. The number of likely N-dealkylation sites (tertiary alicyclic amines) is 1. The monoisotopic (exact) mass is 488 g/mol. The van der Waals surface area contributed by atoms with Crippen molar-refractivity contribution in [3.05, 3.63) is 42.2 Å². The van der Waals surface area contributed by atoms with Gasteiger partial charge in [-0.25, -0.2) is 8.42 Å². The van der Waals surface area contributed by atoms with E-state index in [1.807, 2.05) is 6.07 Å². The van der Waals surface area contributed by atoms with Gasteiger partial charge in [-0.05, 0) is 43.9 Å². The van der Waals surface area contributed by atoms with Crippen LogP contribution in [0.4, 0.5) is 5.69 Å². The zero-order chi connectivity index (χ0) is 24.1. The lowest BCUT2D eigenvalue weighted by molar-refractivity contribution is -0.120. The zero-order valence-corrected chi connectivity index (χ0v) is 20.3. The minimum Gasteiger partial charge on any atom is -0.495 e. The van der Waals surface area contributed by atoms with Crippen LogP contribution in [-0.4, -0.2) is 67.7 Å². The Balaban J connectivity index is 1.44. The number of nitrogens with one attached hydrogen (secondary N) is 2. The average molecular weight is 489 g/mol. The number of hydrogen-bond acceptors (Lipinski definition) is 5. The summed E-state index contributed by atoms with van der Waals surface area (Å²) in [5, 5.41) is 2.86. The van der Waals surface area contributed by atoms with Gasteiger partial charge in [0.25, 0.3) is 5.91 Å². The van der Waals surface area contributed by atoms with Crippen molar-refractivity contribution in [3.63, 3.8) is 0 Å². The van der Waals surface area contributed by atoms with Crippen molar-refractivity contribution in [1.82, 2.24) is 14.2 Å². The Morgan fingerprint density at radius 1 is 1.06 bits per heavy atom. The van der Waals surface area contributed by atoms with Crippen LogP contribution in [0, 0.1) is 5.92 Å². The Kier molecular flexibility index (Phi) is 7.57. The van der Waals surface area contributed by atoms with Gasteiger partial charge in [-0.3, -0.25) is 9.59 Å². The van der Waals surface area contributed by atoms with E-state index in [9.17, 15) is 18.0 Å². The molecule has 0 bridgehead atoms. The van der Waals surface area contributed by atoms with E-state index in [2.05, 4.69) is 10.3 Å². The van der Waals surface area contributed by atoms with E-state index >= 15 is 0 Å². The van der Waals surface area contributed by atoms with Crippen molar-refractivity contribution in [3.8, 4) is 5.75 Å². The molecule has 0 saturated carbocycles. The van der Waals surface area contributed by atoms with E-state index in [1.54, 1.807) is 23.1 Å². The molecule has 1 atom stereocenters. The molecule has 184 valence electrons. The Bertz CT molecular complexity index is 1120. The lowest BCUT2D eigenvalue weighted by atomic mass is 9.98. The molecule has 2 aromatic rings. The van der Waals surface area contributed by atoms with Gasteiger partial charge in [-0.2, -0.15) is 4.31 Å². The van der Waals surface area contributed by atoms with E-state index in [-0.39, 0.29) is 28.9 Å². The number of nitrogens with zero attached hydrogens (tertiary/aromatic N) is 2. The summed E-state index contributed by atoms with van der Waals surface area (Å²) in [6.45, 7) is 1.80. The molecular weight excluding hydrogens is 456 g/mol. The summed E-state index contributed by atoms with van der Waals surface area (Å²) in [7, 11) is -2.31. The lowest BCUT2D eigenvalue weighted by Gasteiger charge is -2.31. The van der Waals surface area contributed by atoms with Crippen LogP contribution in [-0.2, 0) is 14.8 Å². The molecule has 2 amide bonds. The highest BCUT2D eigenvalue weighted by atomic mass is 32.2. The molecule has 1 aromatic carbocycles. The number of aromatic amines is 1. The minimum atomic E-state index is -3.84. The second-order valence-corrected chi connectivity index (χ2v) is 10.8. The molecule has 0 aliphatic carbocycles. The summed E-state index contributed by atoms with van der Waals surface area (Å²) >= 11 is 0. The maximum Gasteiger partial charge on any atom is 0.270 e. The molecule has 2 fully saturated rings. The lowest BCUT2D eigenvalue weighted by Crippen LogP contribution is -2.43. The first-order chi connectivity index (χ1) is 16.4. The maximum absolute atomic E-state index is 13.3. The van der Waals surface area contributed by atoms with Gasteiger partial charge in [-0.1, -0.05) is 25.0 Å². The first-order valence-electron chi connectivity index (χ1n) is 11.8. The number of aromatic nitrogens is 1. The number of methoxy groups -OCH3 is 1. The molecule has 0 radical (unpaired) electrons. The third-order valence-corrected chi connectivity index (χ3v) is 8.38. The van der Waals surface area contributed by atoms with Crippen molar-refractivity contribution in [2.24, 2.45) is 5.92 Å². The molecule has 0 spiro atoms. The topological polar surface area (TPSA) is 112 Å². The van der Waals surface area contributed by atoms with Gasteiger partial charge in [-0.15, -0.1) is 0 Å². The number of anilines is 1. The molecule has 1 aromatic heterocycles. The summed E-state index contributed by atoms with van der Waals surface area (Å²) in [5.74, 6) is -0.345. The van der Waals surface area contributed by atoms with E-state index in [1.165, 1.54) is 23.7 Å². The predicted molar refractivity (Wildman–Crippen MR) is 128 cm³/mol. The Morgan fingerprint density at radius 3 is 2.53 bits per heavy atom. The first-order valence-corrected chi connectivity index (χ1v) is 13.3. The molecule has 2 aliphatic rings. The molecular formula is C24H32N4O5S. The van der Waals surface area contributed by atoms with E-state index < -0.39 is 15.9 Å². The van der Waals surface area contributed by atoms with E-state index in [0.29, 0.717) is 43.9 Å². The highest BCUT2D eigenvalue weighted by molar-refractivity contribution is 7.89. The molecule has 2 N–H and O–H groups in total. The average Bonchev–Trinajstić information content (AvgIpc) is 3.21. The Hall–Kier alpha value is -2.85. The molecule has 9 nitrogen and oxygen atoms in total. The number of ether oxygens (including phenoxy) is 1. The number of hydrogen-bond donors (Lipinski definition) is 2. The minimum absolute atomic E-state index is 0.0523. The normalized spacial score (nSPS) is 19.9. The van der Waals surface area contributed by atoms with Crippen molar-refractivity contribution in [2.75, 3.05) is 38.6 Å². The molecule has 0 unspecified atom stereocenters. The smallest absolute Gasteiger partial charge is 0.270 e. The third kappa shape index (κ3) is 5.28. The summed E-state index contributed by atoms with van der Waals surface area (Å²) < 4.78 is 33.2. The van der Waals surface area contributed by atoms with Crippen LogP contribution in [0.3, 0.4) is 0 Å². The number of carbonyl (C=O) groups is 2. The van der Waals surface area contributed by atoms with Gasteiger partial charge in [0.05, 0.1) is 18.7 Å². The fraction of sp³-hybridized carbons (Fsp3) is 0.500. The predicted octanol–water partition coefficient (Wildman–Crippen LogP) is 3.08. The Labute approximate surface area is 200 Å². The number of sulfonamides is 1. The van der Waals surface area contributed by atoms with Crippen molar-refractivity contribution in [2.45, 2.75) is 43.4 Å². The molecule has 2 aliphatic heterocycles. The van der Waals surface area contributed by atoms with Gasteiger partial charge in [0.15, 0.2) is 0 Å². The SMILES string of the molecule is COc1ccccc1NC(=O)[C@H]1CCCN(S(=O)(=O)c2c[nH]c(C(=O)N3CCCCCC3)c2)C1. The van der Waals surface area contributed by atoms with Gasteiger partial charge in [0, 0.05) is 32.4 Å². The van der Waals surface area contributed by atoms with Gasteiger partial charge >= 0.3 is 0 Å². The van der Waals surface area contributed by atoms with Gasteiger partial charge in [0.1, 0.15) is 16.3 Å². The molecule has 4 rings (SSSR count). The van der Waals surface area contributed by atoms with Crippen LogP contribution in [0.5, 0.6) is 5.75 Å². The highest BCUT2D eigenvalue weighted by Crippen LogP contribution is 2.28. The molecule has 3 heterocycles. The summed E-state index contributed by atoms with van der Waals surface area (Å²) in [6, 6.07) is 8.53. The van der Waals surface area contributed by atoms with Crippen LogP contribution >= 0.6 is 0 Å². The quantitative estimate of drug-likeness (QED) is 0.649. The largest absolute Gasteiger partial charge is 0.495 e. The molecule has 34 heavy (non-hydrogen) atoms. The number of H-pyrrole nitrogens is 1. The number of benzene rings is 1. The third-order valence-electron chi connectivity index (χ3n) is 6.54. The summed E-state index contributed by atoms with van der Waals surface area (Å²) in [6.07, 6.45) is 6.68. The van der Waals surface area contributed by atoms with Crippen molar-refractivity contribution >= 4 is 27.5 Å². The fourth-order valence-electron chi connectivity index (χ4n) is 4.60. The number of carbonyl (C=O) groups excluding carboxylic acids is 2. The summed E-state index contributed by atoms with van der Waals surface area (Å²) in [4.78, 5) is 30.5. The Morgan fingerprint density at radius 2 is 1.79 bits per heavy atom. The zero-order valence-electron chi connectivity index (χ0n) is 19.5. The van der Waals surface area contributed by atoms with Gasteiger partial charge in [0.2, 0.25) is 15.9 Å². The fourth-order valence-corrected chi connectivity index (χ4v) is 6.12. The van der Waals surface area contributed by atoms with E-state index in [4.69, 9.17) is 4.74 Å². The maximum atomic E-state index is 13.3. The van der Waals surface area contributed by atoms with E-state index in [0.717, 1.165) is 25.7 Å². The van der Waals surface area contributed by atoms with Crippen molar-refractivity contribution in [1.29, 1.82) is 0 Å². The standard InChI is InChI=1S/C24H32N4O5S/c1-33-22-11-5-4-10-20(22)26-23(29)18-9-8-14-28(17-18)34(31,32)19-15-21(25-16-19)24(30)27-12-6-2-3-7-13-27/h4-5,10-11,15-16,18,25H,2-3,6-9,12-14,17H2,1H3,(H,26,29)/t18-/m0/s1. The van der Waals surface area contributed by atoms with Gasteiger partial charge < -0.3 is 19.9 Å². The number of rotatable bonds is 6. The summed E-state index contributed by atoms with van der Waals surface area (Å²) in [5.41, 5.74) is 0.834. The second-order valence-electron chi connectivity index (χ2n) is 8.85. The molecule has 10 heteroatoms. The molecule has 2 saturated heterocycles. The van der Waals surface area contributed by atoms with Crippen molar-refractivity contribution < 1.29 is 22.7 Å². The number of amides is 2. The highest BCUT2D eigenvalue weighted by Gasteiger charge is 2.34. The van der Waals surface area contributed by atoms with Crippen LogP contribution < -0.4 is 10.1 Å². The number of para-hydroxylation sites is 2. The van der Waals surface area contributed by atoms with Crippen LogP contribution in [0.15, 0.2) is 41.4 Å².